The second kappa shape index (κ2) is 6.01. The summed E-state index contributed by atoms with van der Waals surface area (Å²) in [6.07, 6.45) is 2.59. The zero-order valence-electron chi connectivity index (χ0n) is 13.0. The number of aliphatic hydroxyl groups excluding tert-OH is 1. The van der Waals surface area contributed by atoms with Gasteiger partial charge in [0.15, 0.2) is 0 Å². The van der Waals surface area contributed by atoms with Crippen LogP contribution in [-0.4, -0.2) is 23.9 Å². The molecule has 0 radical (unpaired) electrons. The highest BCUT2D eigenvalue weighted by atomic mass is 19.1. The van der Waals surface area contributed by atoms with Gasteiger partial charge in [-0.15, -0.1) is 0 Å². The van der Waals surface area contributed by atoms with Gasteiger partial charge in [-0.25, -0.2) is 8.78 Å². The Morgan fingerprint density at radius 2 is 1.81 bits per heavy atom. The summed E-state index contributed by atoms with van der Waals surface area (Å²) in [6.45, 7) is 4.40. The fourth-order valence-electron chi connectivity index (χ4n) is 3.12. The van der Waals surface area contributed by atoms with Gasteiger partial charge in [0, 0.05) is 13.5 Å². The first-order valence-electron chi connectivity index (χ1n) is 7.45. The third-order valence-electron chi connectivity index (χ3n) is 4.88. The molecule has 1 N–H and O–H groups in total. The smallest absolute Gasteiger partial charge is 0.126 e. The Labute approximate surface area is 125 Å². The van der Waals surface area contributed by atoms with E-state index in [9.17, 15) is 13.9 Å². The lowest BCUT2D eigenvalue weighted by Crippen LogP contribution is -2.49. The lowest BCUT2D eigenvalue weighted by molar-refractivity contribution is -0.135. The van der Waals surface area contributed by atoms with E-state index in [1.165, 1.54) is 0 Å². The molecule has 0 spiro atoms. The summed E-state index contributed by atoms with van der Waals surface area (Å²) in [4.78, 5) is 0. The Morgan fingerprint density at radius 3 is 2.38 bits per heavy atom. The summed E-state index contributed by atoms with van der Waals surface area (Å²) >= 11 is 0. The molecule has 0 bridgehead atoms. The van der Waals surface area contributed by atoms with Crippen molar-refractivity contribution in [2.45, 2.75) is 57.7 Å². The van der Waals surface area contributed by atoms with Crippen LogP contribution in [0.2, 0.25) is 0 Å². The van der Waals surface area contributed by atoms with E-state index >= 15 is 0 Å². The molecule has 1 unspecified atom stereocenters. The zero-order chi connectivity index (χ0) is 15.7. The van der Waals surface area contributed by atoms with Crippen molar-refractivity contribution in [3.8, 4) is 0 Å². The zero-order valence-corrected chi connectivity index (χ0v) is 13.0. The average Bonchev–Trinajstić information content (AvgIpc) is 2.43. The number of halogens is 2. The number of benzene rings is 1. The molecule has 4 heteroatoms. The molecule has 0 amide bonds. The highest BCUT2D eigenvalue weighted by Crippen LogP contribution is 2.44. The minimum absolute atomic E-state index is 0.0673. The van der Waals surface area contributed by atoms with Crippen LogP contribution < -0.4 is 0 Å². The van der Waals surface area contributed by atoms with E-state index in [1.54, 1.807) is 7.11 Å². The van der Waals surface area contributed by atoms with E-state index in [-0.39, 0.29) is 17.4 Å². The van der Waals surface area contributed by atoms with Crippen LogP contribution in [0.1, 0.15) is 45.1 Å². The van der Waals surface area contributed by atoms with Gasteiger partial charge in [0.1, 0.15) is 11.6 Å². The van der Waals surface area contributed by atoms with Crippen molar-refractivity contribution >= 4 is 0 Å². The lowest BCUT2D eigenvalue weighted by Gasteiger charge is -2.45. The van der Waals surface area contributed by atoms with Crippen molar-refractivity contribution in [3.63, 3.8) is 0 Å². The molecule has 2 nitrogen and oxygen atoms in total. The molecule has 1 aromatic carbocycles. The number of rotatable bonds is 4. The van der Waals surface area contributed by atoms with Gasteiger partial charge < -0.3 is 9.84 Å². The molecule has 21 heavy (non-hydrogen) atoms. The molecule has 0 aromatic heterocycles. The molecule has 1 saturated carbocycles. The summed E-state index contributed by atoms with van der Waals surface area (Å²) < 4.78 is 32.6. The molecular weight excluding hydrogens is 274 g/mol. The monoisotopic (exact) mass is 298 g/mol. The van der Waals surface area contributed by atoms with Crippen molar-refractivity contribution in [2.24, 2.45) is 5.41 Å². The quantitative estimate of drug-likeness (QED) is 0.915. The Hall–Kier alpha value is -1.00. The predicted octanol–water partition coefficient (Wildman–Crippen LogP) is 3.85. The molecule has 2 rings (SSSR count). The summed E-state index contributed by atoms with van der Waals surface area (Å²) in [6, 6.07) is 3.33. The van der Waals surface area contributed by atoms with Crippen LogP contribution in [0, 0.1) is 17.0 Å². The number of methoxy groups -OCH3 is 1. The lowest BCUT2D eigenvalue weighted by atomic mass is 9.68. The van der Waals surface area contributed by atoms with E-state index in [1.807, 2.05) is 0 Å². The van der Waals surface area contributed by atoms with E-state index in [0.717, 1.165) is 43.9 Å². The van der Waals surface area contributed by atoms with Crippen LogP contribution in [0.15, 0.2) is 18.2 Å². The number of aliphatic hydroxyl groups is 1. The summed E-state index contributed by atoms with van der Waals surface area (Å²) in [5.41, 5.74) is -0.219. The first-order valence-corrected chi connectivity index (χ1v) is 7.45. The fourth-order valence-corrected chi connectivity index (χ4v) is 3.12. The first kappa shape index (κ1) is 16.4. The van der Waals surface area contributed by atoms with E-state index in [0.29, 0.717) is 0 Å². The van der Waals surface area contributed by atoms with Gasteiger partial charge in [0.25, 0.3) is 0 Å². The Kier molecular flexibility index (Phi) is 4.69. The second-order valence-electron chi connectivity index (χ2n) is 6.89. The molecule has 1 fully saturated rings. The topological polar surface area (TPSA) is 29.5 Å². The number of ether oxygens (including phenoxy) is 1. The molecular formula is C17H24F2O2. The van der Waals surface area contributed by atoms with Crippen LogP contribution in [-0.2, 0) is 11.2 Å². The predicted molar refractivity (Wildman–Crippen MR) is 78.1 cm³/mol. The van der Waals surface area contributed by atoms with Gasteiger partial charge >= 0.3 is 0 Å². The maximum atomic E-state index is 13.7. The number of hydrogen-bond acceptors (Lipinski definition) is 2. The van der Waals surface area contributed by atoms with Gasteiger partial charge in [0.2, 0.25) is 0 Å². The highest BCUT2D eigenvalue weighted by Gasteiger charge is 2.43. The Balaban J connectivity index is 2.14. The van der Waals surface area contributed by atoms with Crippen LogP contribution in [0.5, 0.6) is 0 Å². The van der Waals surface area contributed by atoms with Crippen molar-refractivity contribution < 1.29 is 18.6 Å². The van der Waals surface area contributed by atoms with Crippen molar-refractivity contribution in [2.75, 3.05) is 7.11 Å². The minimum atomic E-state index is -0.838. The third-order valence-corrected chi connectivity index (χ3v) is 4.88. The molecule has 1 aliphatic rings. The van der Waals surface area contributed by atoms with Gasteiger partial charge in [-0.05, 0) is 54.9 Å². The highest BCUT2D eigenvalue weighted by molar-refractivity contribution is 5.20. The third kappa shape index (κ3) is 3.61. The standard InChI is InChI=1S/C17H24F2O2/c1-16(2)6-8-17(21-3,9-7-16)15(20)11-12-10-13(18)4-5-14(12)19/h4-5,10,15,20H,6-9,11H2,1-3H3. The van der Waals surface area contributed by atoms with Gasteiger partial charge in [-0.3, -0.25) is 0 Å². The minimum Gasteiger partial charge on any atom is -0.390 e. The van der Waals surface area contributed by atoms with E-state index in [4.69, 9.17) is 4.74 Å². The maximum absolute atomic E-state index is 13.7. The van der Waals surface area contributed by atoms with E-state index in [2.05, 4.69) is 13.8 Å². The van der Waals surface area contributed by atoms with Crippen molar-refractivity contribution in [1.29, 1.82) is 0 Å². The van der Waals surface area contributed by atoms with Crippen LogP contribution >= 0.6 is 0 Å². The Bertz CT molecular complexity index is 490. The average molecular weight is 298 g/mol. The summed E-state index contributed by atoms with van der Waals surface area (Å²) in [5.74, 6) is -0.979. The maximum Gasteiger partial charge on any atom is 0.126 e. The molecule has 1 atom stereocenters. The molecule has 0 saturated heterocycles. The largest absolute Gasteiger partial charge is 0.390 e. The SMILES string of the molecule is COC1(C(O)Cc2cc(F)ccc2F)CCC(C)(C)CC1. The summed E-state index contributed by atoms with van der Waals surface area (Å²) in [5, 5.41) is 10.5. The van der Waals surface area contributed by atoms with Crippen molar-refractivity contribution in [3.05, 3.63) is 35.4 Å². The van der Waals surface area contributed by atoms with Crippen molar-refractivity contribution in [1.82, 2.24) is 0 Å². The number of hydrogen-bond donors (Lipinski definition) is 1. The molecule has 1 aromatic rings. The summed E-state index contributed by atoms with van der Waals surface area (Å²) in [7, 11) is 1.59. The van der Waals surface area contributed by atoms with Gasteiger partial charge in [-0.1, -0.05) is 13.8 Å². The molecule has 0 heterocycles. The first-order chi connectivity index (χ1) is 9.78. The van der Waals surface area contributed by atoms with Gasteiger partial charge in [0.05, 0.1) is 11.7 Å². The second-order valence-corrected chi connectivity index (χ2v) is 6.89. The normalized spacial score (nSPS) is 22.0. The van der Waals surface area contributed by atoms with E-state index < -0.39 is 23.3 Å². The van der Waals surface area contributed by atoms with Crippen LogP contribution in [0.3, 0.4) is 0 Å². The van der Waals surface area contributed by atoms with Crippen LogP contribution in [0.4, 0.5) is 8.78 Å². The molecule has 1 aliphatic carbocycles. The Morgan fingerprint density at radius 1 is 1.19 bits per heavy atom. The van der Waals surface area contributed by atoms with Gasteiger partial charge in [-0.2, -0.15) is 0 Å². The fraction of sp³-hybridized carbons (Fsp3) is 0.647. The van der Waals surface area contributed by atoms with Crippen LogP contribution in [0.25, 0.3) is 0 Å². The molecule has 0 aliphatic heterocycles. The molecule has 118 valence electrons.